The van der Waals surface area contributed by atoms with Crippen LogP contribution in [0.1, 0.15) is 78.7 Å². The SMILES string of the molecule is CC(=O)O[C@H]1[C@H](OC(C)=O)COC(n2c(-c3ccc(F)cc3)c(C[C@@H]3CCCN3C(=O)[C@@H](NC(=O)[C@H](C)N(C)C(=O)OCc3ccccc3)C(C)(C)C)c3ccc(F)cc32)[C@@H]1OC(C)=O. The lowest BCUT2D eigenvalue weighted by Crippen LogP contribution is -2.59. The number of ether oxygens (including phenoxy) is 5. The highest BCUT2D eigenvalue weighted by Gasteiger charge is 2.49. The summed E-state index contributed by atoms with van der Waals surface area (Å²) >= 11 is 0. The van der Waals surface area contributed by atoms with Crippen molar-refractivity contribution in [1.29, 1.82) is 0 Å². The second-order valence-electron chi connectivity index (χ2n) is 17.6. The fraction of sp³-hybridized carbons (Fsp3) is 0.458. The number of fused-ring (bicyclic) bond motifs is 1. The lowest BCUT2D eigenvalue weighted by atomic mass is 9.85. The van der Waals surface area contributed by atoms with Crippen LogP contribution in [-0.2, 0) is 60.7 Å². The molecule has 1 unspecified atom stereocenters. The summed E-state index contributed by atoms with van der Waals surface area (Å²) in [6, 6.07) is 16.4. The Hall–Kier alpha value is -6.36. The average molecular weight is 903 g/mol. The number of hydrogen-bond donors (Lipinski definition) is 1. The molecule has 348 valence electrons. The van der Waals surface area contributed by atoms with E-state index in [9.17, 15) is 33.2 Å². The molecule has 6 rings (SSSR count). The minimum Gasteiger partial charge on any atom is -0.456 e. The second-order valence-corrected chi connectivity index (χ2v) is 17.6. The van der Waals surface area contributed by atoms with Crippen LogP contribution in [0.15, 0.2) is 72.8 Å². The molecule has 7 atom stereocenters. The van der Waals surface area contributed by atoms with Crippen molar-refractivity contribution in [3.8, 4) is 11.3 Å². The van der Waals surface area contributed by atoms with Crippen molar-refractivity contribution in [3.05, 3.63) is 95.6 Å². The Morgan fingerprint density at radius 2 is 1.49 bits per heavy atom. The lowest BCUT2D eigenvalue weighted by Gasteiger charge is -2.41. The van der Waals surface area contributed by atoms with Crippen LogP contribution in [0, 0.1) is 17.0 Å². The zero-order valence-electron chi connectivity index (χ0n) is 37.8. The van der Waals surface area contributed by atoms with Gasteiger partial charge in [-0.05, 0) is 90.8 Å². The Morgan fingerprint density at radius 3 is 2.12 bits per heavy atom. The highest BCUT2D eigenvalue weighted by atomic mass is 19.1. The van der Waals surface area contributed by atoms with Crippen LogP contribution < -0.4 is 5.32 Å². The molecule has 3 amide bonds. The number of likely N-dealkylation sites (N-methyl/N-ethyl adjacent to an activating group) is 1. The van der Waals surface area contributed by atoms with Crippen molar-refractivity contribution in [2.75, 3.05) is 20.2 Å². The summed E-state index contributed by atoms with van der Waals surface area (Å²) in [5, 5.41) is 3.46. The van der Waals surface area contributed by atoms with Gasteiger partial charge in [0.2, 0.25) is 11.8 Å². The lowest BCUT2D eigenvalue weighted by molar-refractivity contribution is -0.238. The third-order valence-corrected chi connectivity index (χ3v) is 11.7. The Bertz CT molecular complexity index is 2400. The van der Waals surface area contributed by atoms with E-state index in [-0.39, 0.29) is 31.1 Å². The Morgan fingerprint density at radius 1 is 0.862 bits per heavy atom. The zero-order valence-corrected chi connectivity index (χ0v) is 37.8. The molecule has 4 aromatic rings. The van der Waals surface area contributed by atoms with E-state index in [1.54, 1.807) is 22.5 Å². The molecule has 2 aliphatic heterocycles. The van der Waals surface area contributed by atoms with Crippen LogP contribution >= 0.6 is 0 Å². The maximum Gasteiger partial charge on any atom is 0.410 e. The molecule has 0 bridgehead atoms. The molecule has 0 spiro atoms. The number of carbonyl (C=O) groups is 6. The molecule has 1 aromatic heterocycles. The zero-order chi connectivity index (χ0) is 47.3. The van der Waals surface area contributed by atoms with Crippen LogP contribution in [0.3, 0.4) is 0 Å². The maximum absolute atomic E-state index is 15.4. The van der Waals surface area contributed by atoms with Gasteiger partial charge in [-0.15, -0.1) is 0 Å². The average Bonchev–Trinajstić information content (AvgIpc) is 3.84. The van der Waals surface area contributed by atoms with E-state index >= 15 is 4.39 Å². The quantitative estimate of drug-likeness (QED) is 0.113. The molecule has 17 heteroatoms. The number of likely N-dealkylation sites (tertiary alicyclic amines) is 1. The minimum atomic E-state index is -1.44. The van der Waals surface area contributed by atoms with E-state index in [1.807, 2.05) is 51.1 Å². The number of nitrogens with zero attached hydrogens (tertiary/aromatic N) is 3. The number of carbonyl (C=O) groups excluding carboxylic acids is 6. The van der Waals surface area contributed by atoms with Crippen LogP contribution in [0.4, 0.5) is 13.6 Å². The van der Waals surface area contributed by atoms with Gasteiger partial charge in [-0.25, -0.2) is 13.6 Å². The Balaban J connectivity index is 1.37. The van der Waals surface area contributed by atoms with Crippen LogP contribution in [0.2, 0.25) is 0 Å². The molecule has 65 heavy (non-hydrogen) atoms. The molecular weight excluding hydrogens is 847 g/mol. The van der Waals surface area contributed by atoms with Crippen molar-refractivity contribution < 1.29 is 61.2 Å². The van der Waals surface area contributed by atoms with Gasteiger partial charge in [-0.2, -0.15) is 0 Å². The number of rotatable bonds is 13. The summed E-state index contributed by atoms with van der Waals surface area (Å²) in [7, 11) is 1.45. The van der Waals surface area contributed by atoms with E-state index in [2.05, 4.69) is 5.32 Å². The summed E-state index contributed by atoms with van der Waals surface area (Å²) in [5.41, 5.74) is 1.77. The summed E-state index contributed by atoms with van der Waals surface area (Å²) in [4.78, 5) is 81.9. The summed E-state index contributed by atoms with van der Waals surface area (Å²) in [6.45, 7) is 10.6. The van der Waals surface area contributed by atoms with Crippen LogP contribution in [0.5, 0.6) is 0 Å². The fourth-order valence-electron chi connectivity index (χ4n) is 8.50. The van der Waals surface area contributed by atoms with Crippen molar-refractivity contribution in [1.82, 2.24) is 19.7 Å². The minimum absolute atomic E-state index is 0.0140. The normalized spacial score (nSPS) is 20.6. The predicted molar refractivity (Wildman–Crippen MR) is 233 cm³/mol. The summed E-state index contributed by atoms with van der Waals surface area (Å²) < 4.78 is 60.3. The number of aromatic nitrogens is 1. The van der Waals surface area contributed by atoms with E-state index in [0.717, 1.165) is 19.4 Å². The molecule has 0 saturated carbocycles. The summed E-state index contributed by atoms with van der Waals surface area (Å²) in [5.74, 6) is -4.29. The number of benzene rings is 3. The van der Waals surface area contributed by atoms with E-state index in [0.29, 0.717) is 41.6 Å². The first-order chi connectivity index (χ1) is 30.7. The number of esters is 3. The molecule has 1 N–H and O–H groups in total. The predicted octanol–water partition coefficient (Wildman–Crippen LogP) is 6.63. The van der Waals surface area contributed by atoms with Gasteiger partial charge < -0.3 is 38.5 Å². The Kier molecular flexibility index (Phi) is 15.0. The fourth-order valence-corrected chi connectivity index (χ4v) is 8.50. The van der Waals surface area contributed by atoms with Gasteiger partial charge in [0.1, 0.15) is 30.3 Å². The number of nitrogens with one attached hydrogen (secondary N) is 1. The molecule has 3 heterocycles. The topological polar surface area (TPSA) is 172 Å². The van der Waals surface area contributed by atoms with E-state index in [1.165, 1.54) is 55.3 Å². The van der Waals surface area contributed by atoms with Gasteiger partial charge in [-0.1, -0.05) is 51.1 Å². The second kappa shape index (κ2) is 20.2. The standard InChI is InChI=1S/C48H56F2N4O11/c1-27(52(8)47(60)62-25-31-13-10-9-11-14-31)44(58)51-43(48(5,6)7)45(59)53-22-12-15-35(53)24-37-36-21-20-34(50)23-38(36)54(40(37)32-16-18-33(49)19-17-32)46-42(65-30(4)57)41(64-29(3)56)39(26-61-46)63-28(2)55/h9-11,13-14,16-21,23,27,35,39,41-43,46H,12,15,22,24-26H2,1-8H3,(H,51,58)/t27-,35-,39+,41-,42+,43+,46?/m0/s1. The van der Waals surface area contributed by atoms with Crippen molar-refractivity contribution in [2.45, 2.75) is 117 Å². The van der Waals surface area contributed by atoms with Gasteiger partial charge in [0.25, 0.3) is 0 Å². The number of hydrogen-bond acceptors (Lipinski definition) is 11. The van der Waals surface area contributed by atoms with Gasteiger partial charge in [0, 0.05) is 45.8 Å². The number of halogens is 2. The third kappa shape index (κ3) is 11.1. The third-order valence-electron chi connectivity index (χ3n) is 11.7. The van der Waals surface area contributed by atoms with Crippen LogP contribution in [-0.4, -0.2) is 107 Å². The van der Waals surface area contributed by atoms with Gasteiger partial charge >= 0.3 is 24.0 Å². The Labute approximate surface area is 376 Å². The number of amides is 3. The first-order valence-corrected chi connectivity index (χ1v) is 21.5. The van der Waals surface area contributed by atoms with Crippen molar-refractivity contribution >= 4 is 46.7 Å². The van der Waals surface area contributed by atoms with Gasteiger partial charge in [0.05, 0.1) is 17.8 Å². The molecule has 2 aliphatic rings. The van der Waals surface area contributed by atoms with E-state index < -0.39 is 89.6 Å². The molecule has 0 aliphatic carbocycles. The molecule has 15 nitrogen and oxygen atoms in total. The smallest absolute Gasteiger partial charge is 0.410 e. The van der Waals surface area contributed by atoms with Crippen LogP contribution in [0.25, 0.3) is 22.2 Å². The monoisotopic (exact) mass is 902 g/mol. The molecular formula is C48H56F2N4O11. The molecule has 2 saturated heterocycles. The van der Waals surface area contributed by atoms with Crippen molar-refractivity contribution in [2.24, 2.45) is 5.41 Å². The van der Waals surface area contributed by atoms with E-state index in [4.69, 9.17) is 23.7 Å². The highest BCUT2D eigenvalue weighted by Crippen LogP contribution is 2.43. The first-order valence-electron chi connectivity index (χ1n) is 21.5. The molecule has 3 aromatic carbocycles. The molecule has 0 radical (unpaired) electrons. The van der Waals surface area contributed by atoms with Crippen molar-refractivity contribution in [3.63, 3.8) is 0 Å². The maximum atomic E-state index is 15.4. The first kappa shape index (κ1) is 48.1. The summed E-state index contributed by atoms with van der Waals surface area (Å²) in [6.07, 6.45) is -4.64. The largest absolute Gasteiger partial charge is 0.456 e. The molecule has 2 fully saturated rings. The van der Waals surface area contributed by atoms with Gasteiger partial charge in [0.15, 0.2) is 24.5 Å². The van der Waals surface area contributed by atoms with Gasteiger partial charge in [-0.3, -0.25) is 28.9 Å². The highest BCUT2D eigenvalue weighted by molar-refractivity contribution is 5.94.